The number of anilines is 1. The molecule has 0 fully saturated rings. The van der Waals surface area contributed by atoms with E-state index in [0.717, 1.165) is 6.07 Å². The molecular formula is C7H9FN2O2S. The summed E-state index contributed by atoms with van der Waals surface area (Å²) in [5.74, 6) is -0.478. The van der Waals surface area contributed by atoms with Crippen LogP contribution in [-0.2, 0) is 10.2 Å². The second-order valence-electron chi connectivity index (χ2n) is 2.61. The van der Waals surface area contributed by atoms with Crippen LogP contribution >= 0.6 is 0 Å². The fraction of sp³-hybridized carbons (Fsp3) is 0.143. The van der Waals surface area contributed by atoms with Crippen molar-refractivity contribution in [1.82, 2.24) is 0 Å². The van der Waals surface area contributed by atoms with Crippen molar-refractivity contribution in [3.05, 3.63) is 29.6 Å². The average Bonchev–Trinajstić information content (AvgIpc) is 1.94. The van der Waals surface area contributed by atoms with Crippen molar-refractivity contribution in [3.8, 4) is 0 Å². The Kier molecular flexibility index (Phi) is 2.53. The first-order valence-electron chi connectivity index (χ1n) is 3.45. The van der Waals surface area contributed by atoms with Gasteiger partial charge in [0.15, 0.2) is 0 Å². The van der Waals surface area contributed by atoms with Gasteiger partial charge in [-0.3, -0.25) is 4.72 Å². The molecule has 1 rings (SSSR count). The molecule has 4 nitrogen and oxygen atoms in total. The van der Waals surface area contributed by atoms with E-state index < -0.39 is 16.0 Å². The molecule has 0 aromatic heterocycles. The third-order valence-electron chi connectivity index (χ3n) is 1.43. The number of hydrogen-bond donors (Lipinski definition) is 2. The number of benzene rings is 1. The highest BCUT2D eigenvalue weighted by atomic mass is 32.2. The predicted octanol–water partition coefficient (Wildman–Crippen LogP) is 0.750. The van der Waals surface area contributed by atoms with Crippen LogP contribution in [-0.4, -0.2) is 8.42 Å². The van der Waals surface area contributed by atoms with Crippen LogP contribution in [0.1, 0.15) is 5.56 Å². The van der Waals surface area contributed by atoms with Crippen LogP contribution in [0.2, 0.25) is 0 Å². The van der Waals surface area contributed by atoms with Gasteiger partial charge in [-0.1, -0.05) is 6.07 Å². The normalized spacial score (nSPS) is 11.3. The van der Waals surface area contributed by atoms with Gasteiger partial charge in [0.1, 0.15) is 5.82 Å². The van der Waals surface area contributed by atoms with E-state index in [9.17, 15) is 12.8 Å². The smallest absolute Gasteiger partial charge is 0.271 e. The van der Waals surface area contributed by atoms with Gasteiger partial charge in [0.25, 0.3) is 10.2 Å². The molecule has 6 heteroatoms. The van der Waals surface area contributed by atoms with Crippen molar-refractivity contribution in [3.63, 3.8) is 0 Å². The van der Waals surface area contributed by atoms with E-state index in [1.54, 1.807) is 6.92 Å². The molecular weight excluding hydrogens is 195 g/mol. The van der Waals surface area contributed by atoms with E-state index in [1.807, 2.05) is 4.72 Å². The van der Waals surface area contributed by atoms with Gasteiger partial charge in [0, 0.05) is 0 Å². The molecule has 0 aliphatic rings. The van der Waals surface area contributed by atoms with Gasteiger partial charge in [0.2, 0.25) is 0 Å². The van der Waals surface area contributed by atoms with Crippen molar-refractivity contribution in [2.24, 2.45) is 5.14 Å². The van der Waals surface area contributed by atoms with Crippen LogP contribution in [0.5, 0.6) is 0 Å². The molecule has 1 aromatic carbocycles. The van der Waals surface area contributed by atoms with Crippen LogP contribution in [0.4, 0.5) is 10.1 Å². The Morgan fingerprint density at radius 3 is 2.54 bits per heavy atom. The van der Waals surface area contributed by atoms with Crippen LogP contribution in [0.15, 0.2) is 18.2 Å². The first kappa shape index (κ1) is 9.94. The summed E-state index contributed by atoms with van der Waals surface area (Å²) in [5, 5.41) is 4.69. The molecule has 0 unspecified atom stereocenters. The molecule has 0 atom stereocenters. The molecule has 72 valence electrons. The van der Waals surface area contributed by atoms with Crippen molar-refractivity contribution < 1.29 is 12.8 Å². The Morgan fingerprint density at radius 1 is 1.46 bits per heavy atom. The monoisotopic (exact) mass is 204 g/mol. The number of rotatable bonds is 2. The lowest BCUT2D eigenvalue weighted by atomic mass is 10.2. The predicted molar refractivity (Wildman–Crippen MR) is 47.9 cm³/mol. The highest BCUT2D eigenvalue weighted by Gasteiger charge is 2.04. The number of hydrogen-bond acceptors (Lipinski definition) is 2. The van der Waals surface area contributed by atoms with Crippen LogP contribution in [0.25, 0.3) is 0 Å². The summed E-state index contributed by atoms with van der Waals surface area (Å²) in [6.45, 7) is 1.58. The largest absolute Gasteiger partial charge is 0.296 e. The zero-order chi connectivity index (χ0) is 10.1. The topological polar surface area (TPSA) is 72.2 Å². The van der Waals surface area contributed by atoms with E-state index in [0.29, 0.717) is 5.56 Å². The third kappa shape index (κ3) is 3.00. The maximum Gasteiger partial charge on any atom is 0.296 e. The molecule has 0 aliphatic carbocycles. The maximum atomic E-state index is 12.9. The van der Waals surface area contributed by atoms with Crippen molar-refractivity contribution in [2.75, 3.05) is 4.72 Å². The van der Waals surface area contributed by atoms with Gasteiger partial charge < -0.3 is 0 Å². The molecule has 0 spiro atoms. The standard InChI is InChI=1S/C7H9FN2O2S/c1-5-2-3-6(4-7(5)8)10-13(9,11)12/h2-4,10H,1H3,(H2,9,11,12). The Bertz CT molecular complexity index is 417. The summed E-state index contributed by atoms with van der Waals surface area (Å²) < 4.78 is 35.9. The molecule has 13 heavy (non-hydrogen) atoms. The lowest BCUT2D eigenvalue weighted by molar-refractivity contribution is 0.602. The van der Waals surface area contributed by atoms with Gasteiger partial charge in [-0.25, -0.2) is 9.53 Å². The van der Waals surface area contributed by atoms with Gasteiger partial charge in [-0.2, -0.15) is 8.42 Å². The van der Waals surface area contributed by atoms with Gasteiger partial charge in [0.05, 0.1) is 5.69 Å². The lowest BCUT2D eigenvalue weighted by Gasteiger charge is -2.03. The number of nitrogens with one attached hydrogen (secondary N) is 1. The fourth-order valence-electron chi connectivity index (χ4n) is 0.821. The Labute approximate surface area is 75.7 Å². The van der Waals surface area contributed by atoms with E-state index in [-0.39, 0.29) is 5.69 Å². The zero-order valence-electron chi connectivity index (χ0n) is 6.91. The van der Waals surface area contributed by atoms with Crippen molar-refractivity contribution in [2.45, 2.75) is 6.92 Å². The van der Waals surface area contributed by atoms with Gasteiger partial charge in [-0.05, 0) is 24.6 Å². The van der Waals surface area contributed by atoms with E-state index in [4.69, 9.17) is 5.14 Å². The van der Waals surface area contributed by atoms with Crippen LogP contribution in [0, 0.1) is 12.7 Å². The highest BCUT2D eigenvalue weighted by molar-refractivity contribution is 7.90. The van der Waals surface area contributed by atoms with E-state index in [2.05, 4.69) is 0 Å². The molecule has 0 aliphatic heterocycles. The SMILES string of the molecule is Cc1ccc(NS(N)(=O)=O)cc1F. The summed E-state index contributed by atoms with van der Waals surface area (Å²) >= 11 is 0. The minimum absolute atomic E-state index is 0.116. The van der Waals surface area contributed by atoms with Gasteiger partial charge in [-0.15, -0.1) is 0 Å². The summed E-state index contributed by atoms with van der Waals surface area (Å²) in [4.78, 5) is 0. The maximum absolute atomic E-state index is 12.9. The Hall–Kier alpha value is -1.14. The molecule has 0 saturated heterocycles. The number of aryl methyl sites for hydroxylation is 1. The fourth-order valence-corrected chi connectivity index (χ4v) is 1.28. The summed E-state index contributed by atoms with van der Waals surface area (Å²) in [5.41, 5.74) is 0.561. The molecule has 1 aromatic rings. The molecule has 0 bridgehead atoms. The first-order valence-corrected chi connectivity index (χ1v) is 5.00. The average molecular weight is 204 g/mol. The third-order valence-corrected chi connectivity index (χ3v) is 1.95. The van der Waals surface area contributed by atoms with Crippen LogP contribution in [0.3, 0.4) is 0 Å². The van der Waals surface area contributed by atoms with Crippen molar-refractivity contribution in [1.29, 1.82) is 0 Å². The quantitative estimate of drug-likeness (QED) is 0.746. The van der Waals surface area contributed by atoms with Crippen LogP contribution < -0.4 is 9.86 Å². The zero-order valence-corrected chi connectivity index (χ0v) is 7.73. The van der Waals surface area contributed by atoms with E-state index in [1.165, 1.54) is 12.1 Å². The van der Waals surface area contributed by atoms with E-state index >= 15 is 0 Å². The minimum atomic E-state index is -3.82. The molecule has 3 N–H and O–H groups in total. The lowest BCUT2D eigenvalue weighted by Crippen LogP contribution is -2.21. The molecule has 0 heterocycles. The minimum Gasteiger partial charge on any atom is -0.271 e. The molecule has 0 radical (unpaired) electrons. The van der Waals surface area contributed by atoms with Gasteiger partial charge >= 0.3 is 0 Å². The number of nitrogens with two attached hydrogens (primary N) is 1. The first-order chi connectivity index (χ1) is 5.88. The number of halogens is 1. The highest BCUT2D eigenvalue weighted by Crippen LogP contribution is 2.13. The van der Waals surface area contributed by atoms with Crippen molar-refractivity contribution >= 4 is 15.9 Å². The second-order valence-corrected chi connectivity index (χ2v) is 3.91. The molecule has 0 amide bonds. The Balaban J connectivity index is 2.99. The summed E-state index contributed by atoms with van der Waals surface area (Å²) in [6, 6.07) is 3.96. The summed E-state index contributed by atoms with van der Waals surface area (Å²) in [7, 11) is -3.82. The Morgan fingerprint density at radius 2 is 2.08 bits per heavy atom. The molecule has 0 saturated carbocycles. The summed E-state index contributed by atoms with van der Waals surface area (Å²) in [6.07, 6.45) is 0. The second kappa shape index (κ2) is 3.31.